The van der Waals surface area contributed by atoms with Crippen LogP contribution in [0.5, 0.6) is 0 Å². The Kier molecular flexibility index (Phi) is 12.8. The molecule has 0 bridgehead atoms. The number of unbranched alkanes of at least 4 members (excludes halogenated alkanes) is 6. The summed E-state index contributed by atoms with van der Waals surface area (Å²) in [5.41, 5.74) is 0. The van der Waals surface area contributed by atoms with Crippen molar-refractivity contribution in [1.29, 1.82) is 0 Å². The molecule has 0 unspecified atom stereocenters. The van der Waals surface area contributed by atoms with E-state index in [0.29, 0.717) is 5.78 Å². The van der Waals surface area contributed by atoms with Crippen LogP contribution >= 0.6 is 0 Å². The van der Waals surface area contributed by atoms with E-state index in [2.05, 4.69) is 25.7 Å². The van der Waals surface area contributed by atoms with E-state index in [0.717, 1.165) is 38.9 Å². The molecule has 0 aliphatic heterocycles. The quantitative estimate of drug-likeness (QED) is 0.454. The van der Waals surface area contributed by atoms with Crippen LogP contribution in [0, 0.1) is 0 Å². The van der Waals surface area contributed by atoms with Crippen LogP contribution in [0.4, 0.5) is 0 Å². The molecule has 0 spiro atoms. The van der Waals surface area contributed by atoms with E-state index in [9.17, 15) is 4.79 Å². The Hall–Kier alpha value is -0.370. The highest BCUT2D eigenvalue weighted by atomic mass is 16.1. The molecule has 0 heterocycles. The fourth-order valence-corrected chi connectivity index (χ4v) is 2.23. The maximum atomic E-state index is 11.7. The van der Waals surface area contributed by atoms with Gasteiger partial charge in [-0.15, -0.1) is 0 Å². The molecule has 108 valence electrons. The van der Waals surface area contributed by atoms with Gasteiger partial charge < -0.3 is 4.90 Å². The summed E-state index contributed by atoms with van der Waals surface area (Å²) in [6.45, 7) is 9.62. The molecule has 18 heavy (non-hydrogen) atoms. The number of nitrogens with zero attached hydrogens (tertiary/aromatic N) is 1. The lowest BCUT2D eigenvalue weighted by Crippen LogP contribution is -2.25. The molecular weight excluding hydrogens is 222 g/mol. The van der Waals surface area contributed by atoms with Gasteiger partial charge in [-0.3, -0.25) is 4.79 Å². The fourth-order valence-electron chi connectivity index (χ4n) is 2.23. The van der Waals surface area contributed by atoms with E-state index >= 15 is 0 Å². The second-order valence-electron chi connectivity index (χ2n) is 5.19. The highest BCUT2D eigenvalue weighted by molar-refractivity contribution is 5.78. The Labute approximate surface area is 114 Å². The van der Waals surface area contributed by atoms with Gasteiger partial charge in [-0.2, -0.15) is 0 Å². The standard InChI is InChI=1S/C16H33NO/c1-4-7-8-9-10-11-12-13-16(18)14-15-17(5-2)6-3/h4-15H2,1-3H3. The molecule has 0 atom stereocenters. The molecule has 0 N–H and O–H groups in total. The minimum Gasteiger partial charge on any atom is -0.303 e. The summed E-state index contributed by atoms with van der Waals surface area (Å²) in [6.07, 6.45) is 10.6. The second-order valence-corrected chi connectivity index (χ2v) is 5.19. The maximum Gasteiger partial charge on any atom is 0.134 e. The van der Waals surface area contributed by atoms with Gasteiger partial charge in [0.15, 0.2) is 0 Å². The van der Waals surface area contributed by atoms with Crippen molar-refractivity contribution in [3.8, 4) is 0 Å². The first-order valence-corrected chi connectivity index (χ1v) is 7.98. The minimum absolute atomic E-state index is 0.454. The van der Waals surface area contributed by atoms with Crippen molar-refractivity contribution in [3.05, 3.63) is 0 Å². The van der Waals surface area contributed by atoms with Gasteiger partial charge in [-0.25, -0.2) is 0 Å². The molecule has 0 aliphatic rings. The van der Waals surface area contributed by atoms with Gasteiger partial charge in [0.05, 0.1) is 0 Å². The highest BCUT2D eigenvalue weighted by Gasteiger charge is 2.05. The Morgan fingerprint density at radius 1 is 0.778 bits per heavy atom. The van der Waals surface area contributed by atoms with Crippen molar-refractivity contribution in [2.45, 2.75) is 78.6 Å². The Balaban J connectivity index is 3.31. The first-order valence-electron chi connectivity index (χ1n) is 7.98. The van der Waals surface area contributed by atoms with E-state index in [1.54, 1.807) is 0 Å². The third-order valence-corrected chi connectivity index (χ3v) is 3.66. The molecule has 0 saturated heterocycles. The third kappa shape index (κ3) is 10.8. The first-order chi connectivity index (χ1) is 8.74. The zero-order valence-electron chi connectivity index (χ0n) is 12.8. The second kappa shape index (κ2) is 13.1. The molecule has 0 saturated carbocycles. The molecule has 0 amide bonds. The average Bonchev–Trinajstić information content (AvgIpc) is 2.39. The summed E-state index contributed by atoms with van der Waals surface area (Å²) in [5.74, 6) is 0.454. The van der Waals surface area contributed by atoms with Crippen LogP contribution in [0.1, 0.15) is 78.6 Å². The fraction of sp³-hybridized carbons (Fsp3) is 0.938. The van der Waals surface area contributed by atoms with Gasteiger partial charge in [0, 0.05) is 19.4 Å². The highest BCUT2D eigenvalue weighted by Crippen LogP contribution is 2.09. The summed E-state index contributed by atoms with van der Waals surface area (Å²) in [4.78, 5) is 14.0. The summed E-state index contributed by atoms with van der Waals surface area (Å²) >= 11 is 0. The van der Waals surface area contributed by atoms with E-state index < -0.39 is 0 Å². The minimum atomic E-state index is 0.454. The van der Waals surface area contributed by atoms with Gasteiger partial charge in [0.25, 0.3) is 0 Å². The van der Waals surface area contributed by atoms with Gasteiger partial charge in [-0.05, 0) is 19.5 Å². The largest absolute Gasteiger partial charge is 0.303 e. The van der Waals surface area contributed by atoms with Crippen molar-refractivity contribution >= 4 is 5.78 Å². The molecule has 0 aromatic carbocycles. The predicted molar refractivity (Wildman–Crippen MR) is 80.0 cm³/mol. The first kappa shape index (κ1) is 17.6. The van der Waals surface area contributed by atoms with Gasteiger partial charge in [0.1, 0.15) is 5.78 Å². The van der Waals surface area contributed by atoms with Crippen molar-refractivity contribution in [2.75, 3.05) is 19.6 Å². The lowest BCUT2D eigenvalue weighted by Gasteiger charge is -2.16. The number of hydrogen-bond donors (Lipinski definition) is 0. The number of ketones is 1. The number of hydrogen-bond acceptors (Lipinski definition) is 2. The van der Waals surface area contributed by atoms with Gasteiger partial charge >= 0.3 is 0 Å². The smallest absolute Gasteiger partial charge is 0.134 e. The van der Waals surface area contributed by atoms with Crippen LogP contribution < -0.4 is 0 Å². The molecule has 0 radical (unpaired) electrons. The summed E-state index contributed by atoms with van der Waals surface area (Å²) < 4.78 is 0. The normalized spacial score (nSPS) is 11.1. The van der Waals surface area contributed by atoms with Crippen molar-refractivity contribution < 1.29 is 4.79 Å². The number of rotatable bonds is 13. The van der Waals surface area contributed by atoms with Crippen molar-refractivity contribution in [3.63, 3.8) is 0 Å². The van der Waals surface area contributed by atoms with E-state index in [-0.39, 0.29) is 0 Å². The lowest BCUT2D eigenvalue weighted by molar-refractivity contribution is -0.119. The molecule has 0 aromatic rings. The zero-order valence-corrected chi connectivity index (χ0v) is 12.8. The SMILES string of the molecule is CCCCCCCCCC(=O)CCN(CC)CC. The maximum absolute atomic E-state index is 11.7. The van der Waals surface area contributed by atoms with E-state index in [1.165, 1.54) is 38.5 Å². The average molecular weight is 255 g/mol. The monoisotopic (exact) mass is 255 g/mol. The molecule has 2 nitrogen and oxygen atoms in total. The summed E-state index contributed by atoms with van der Waals surface area (Å²) in [7, 11) is 0. The number of carbonyl (C=O) groups is 1. The van der Waals surface area contributed by atoms with Crippen LogP contribution in [-0.4, -0.2) is 30.3 Å². The van der Waals surface area contributed by atoms with Crippen LogP contribution in [0.25, 0.3) is 0 Å². The molecule has 0 rings (SSSR count). The van der Waals surface area contributed by atoms with Crippen molar-refractivity contribution in [1.82, 2.24) is 4.90 Å². The number of carbonyl (C=O) groups excluding carboxylic acids is 1. The van der Waals surface area contributed by atoms with Crippen LogP contribution in [0.15, 0.2) is 0 Å². The number of Topliss-reactive ketones (excluding diaryl/α,β-unsaturated/α-hetero) is 1. The Morgan fingerprint density at radius 2 is 1.33 bits per heavy atom. The van der Waals surface area contributed by atoms with Crippen molar-refractivity contribution in [2.24, 2.45) is 0 Å². The molecular formula is C16H33NO. The van der Waals surface area contributed by atoms with Gasteiger partial charge in [-0.1, -0.05) is 59.3 Å². The predicted octanol–water partition coefficient (Wildman–Crippen LogP) is 4.43. The molecule has 0 fully saturated rings. The van der Waals surface area contributed by atoms with E-state index in [1.807, 2.05) is 0 Å². The lowest BCUT2D eigenvalue weighted by atomic mass is 10.1. The molecule has 2 heteroatoms. The van der Waals surface area contributed by atoms with Crippen LogP contribution in [0.3, 0.4) is 0 Å². The Morgan fingerprint density at radius 3 is 1.89 bits per heavy atom. The molecule has 0 aliphatic carbocycles. The van der Waals surface area contributed by atoms with Crippen LogP contribution in [0.2, 0.25) is 0 Å². The van der Waals surface area contributed by atoms with Gasteiger partial charge in [0.2, 0.25) is 0 Å². The topological polar surface area (TPSA) is 20.3 Å². The third-order valence-electron chi connectivity index (χ3n) is 3.66. The summed E-state index contributed by atoms with van der Waals surface area (Å²) in [6, 6.07) is 0. The van der Waals surface area contributed by atoms with Crippen LogP contribution in [-0.2, 0) is 4.79 Å². The Bertz CT molecular complexity index is 188. The molecule has 0 aromatic heterocycles. The summed E-state index contributed by atoms with van der Waals surface area (Å²) in [5, 5.41) is 0. The zero-order chi connectivity index (χ0) is 13.6. The van der Waals surface area contributed by atoms with E-state index in [4.69, 9.17) is 0 Å².